The minimum Gasteiger partial charge on any atom is -0.454 e. The lowest BCUT2D eigenvalue weighted by molar-refractivity contribution is -0.153. The van der Waals surface area contributed by atoms with Gasteiger partial charge < -0.3 is 9.30 Å². The first kappa shape index (κ1) is 25.6. The largest absolute Gasteiger partial charge is 0.454 e. The summed E-state index contributed by atoms with van der Waals surface area (Å²) in [5.41, 5.74) is 2.63. The number of nitrogens with zero attached hydrogens (tertiary/aromatic N) is 3. The molecular weight excluding hydrogens is 696 g/mol. The Morgan fingerprint density at radius 1 is 0.919 bits per heavy atom. The van der Waals surface area contributed by atoms with E-state index in [1.165, 1.54) is 5.01 Å². The summed E-state index contributed by atoms with van der Waals surface area (Å²) in [5.74, 6) is -0.972. The topological polar surface area (TPSA) is 81.0 Å². The minimum absolute atomic E-state index is 0.0814. The van der Waals surface area contributed by atoms with E-state index in [0.717, 1.165) is 27.6 Å². The van der Waals surface area contributed by atoms with Crippen LogP contribution in [0.4, 0.5) is 0 Å². The van der Waals surface area contributed by atoms with Crippen molar-refractivity contribution in [2.75, 3.05) is 6.61 Å². The van der Waals surface area contributed by atoms with Crippen LogP contribution >= 0.6 is 45.2 Å². The third-order valence-corrected chi connectivity index (χ3v) is 7.63. The van der Waals surface area contributed by atoms with Crippen LogP contribution in [0, 0.1) is 7.14 Å². The van der Waals surface area contributed by atoms with Crippen LogP contribution in [0.25, 0.3) is 10.8 Å². The number of rotatable bonds is 6. The smallest absolute Gasteiger partial charge is 0.326 e. The third kappa shape index (κ3) is 5.77. The lowest BCUT2D eigenvalue weighted by Crippen LogP contribution is -2.32. The Hall–Kier alpha value is -3.06. The van der Waals surface area contributed by atoms with Gasteiger partial charge in [-0.15, -0.1) is 0 Å². The second-order valence-electron chi connectivity index (χ2n) is 8.59. The molecule has 2 heterocycles. The highest BCUT2D eigenvalue weighted by Crippen LogP contribution is 2.33. The van der Waals surface area contributed by atoms with Gasteiger partial charge in [0, 0.05) is 18.8 Å². The van der Waals surface area contributed by atoms with E-state index < -0.39 is 18.5 Å². The summed E-state index contributed by atoms with van der Waals surface area (Å²) < 4.78 is 7.90. The second-order valence-corrected chi connectivity index (χ2v) is 10.9. The molecule has 0 saturated carbocycles. The molecule has 1 atom stereocenters. The number of aromatic nitrogens is 1. The lowest BCUT2D eigenvalue weighted by Gasteiger charge is -2.22. The van der Waals surface area contributed by atoms with Gasteiger partial charge >= 0.3 is 5.97 Å². The van der Waals surface area contributed by atoms with Crippen molar-refractivity contribution in [3.63, 3.8) is 0 Å². The zero-order valence-corrected chi connectivity index (χ0v) is 23.8. The number of carbonyl (C=O) groups is 2. The van der Waals surface area contributed by atoms with E-state index in [2.05, 4.69) is 29.4 Å². The van der Waals surface area contributed by atoms with Crippen LogP contribution in [0.3, 0.4) is 0 Å². The number of ether oxygens (including phenoxy) is 1. The molecule has 37 heavy (non-hydrogen) atoms. The van der Waals surface area contributed by atoms with Gasteiger partial charge in [0.1, 0.15) is 6.54 Å². The van der Waals surface area contributed by atoms with Gasteiger partial charge in [-0.1, -0.05) is 66.7 Å². The molecule has 0 spiro atoms. The van der Waals surface area contributed by atoms with Crippen LogP contribution in [-0.2, 0) is 20.9 Å². The maximum atomic E-state index is 13.2. The summed E-state index contributed by atoms with van der Waals surface area (Å²) in [4.78, 5) is 37.6. The Bertz CT molecular complexity index is 1560. The molecule has 5 rings (SSSR count). The van der Waals surface area contributed by atoms with Gasteiger partial charge in [0.15, 0.2) is 6.61 Å². The van der Waals surface area contributed by atoms with Crippen LogP contribution < -0.4 is 5.43 Å². The van der Waals surface area contributed by atoms with Crippen LogP contribution in [0.2, 0.25) is 0 Å². The number of amides is 1. The van der Waals surface area contributed by atoms with E-state index in [1.54, 1.807) is 17.0 Å². The van der Waals surface area contributed by atoms with E-state index in [4.69, 9.17) is 4.74 Å². The van der Waals surface area contributed by atoms with E-state index in [1.807, 2.05) is 93.7 Å². The number of pyridine rings is 1. The Labute approximate surface area is 240 Å². The quantitative estimate of drug-likeness (QED) is 0.205. The number of hydrazone groups is 1. The first-order chi connectivity index (χ1) is 17.9. The Morgan fingerprint density at radius 3 is 2.32 bits per heavy atom. The van der Waals surface area contributed by atoms with Crippen molar-refractivity contribution in [2.45, 2.75) is 19.0 Å². The minimum atomic E-state index is -0.571. The first-order valence-corrected chi connectivity index (χ1v) is 13.7. The molecule has 1 aliphatic rings. The molecular formula is C28H21I2N3O4. The predicted octanol–water partition coefficient (Wildman–Crippen LogP) is 5.13. The van der Waals surface area contributed by atoms with Gasteiger partial charge in [-0.2, -0.15) is 5.10 Å². The van der Waals surface area contributed by atoms with Crippen molar-refractivity contribution in [1.29, 1.82) is 0 Å². The van der Waals surface area contributed by atoms with Gasteiger partial charge in [0.25, 0.3) is 5.91 Å². The number of halogens is 2. The van der Waals surface area contributed by atoms with E-state index >= 15 is 0 Å². The third-order valence-electron chi connectivity index (χ3n) is 6.09. The SMILES string of the molecule is O=C(Cn1cc(I)c(=O)c(I)c1)OCC(=O)N1N=C(c2ccc3ccccc3c2)CC1c1ccccc1. The number of fused-ring (bicyclic) bond motifs is 1. The summed E-state index contributed by atoms with van der Waals surface area (Å²) >= 11 is 3.87. The van der Waals surface area contributed by atoms with Crippen molar-refractivity contribution in [3.05, 3.63) is 114 Å². The molecule has 1 aliphatic heterocycles. The fourth-order valence-corrected chi connectivity index (χ4v) is 6.09. The molecule has 0 radical (unpaired) electrons. The van der Waals surface area contributed by atoms with Crippen molar-refractivity contribution in [2.24, 2.45) is 5.10 Å². The highest BCUT2D eigenvalue weighted by atomic mass is 127. The maximum absolute atomic E-state index is 13.2. The number of esters is 1. The zero-order chi connectivity index (χ0) is 25.9. The Balaban J connectivity index is 1.34. The molecule has 0 bridgehead atoms. The van der Waals surface area contributed by atoms with Gasteiger partial charge in [-0.05, 0) is 73.1 Å². The highest BCUT2D eigenvalue weighted by Gasteiger charge is 2.33. The molecule has 3 aromatic carbocycles. The monoisotopic (exact) mass is 717 g/mol. The van der Waals surface area contributed by atoms with Crippen molar-refractivity contribution in [1.82, 2.24) is 9.58 Å². The number of benzene rings is 3. The van der Waals surface area contributed by atoms with Gasteiger partial charge in [-0.3, -0.25) is 14.4 Å². The molecule has 1 unspecified atom stereocenters. The van der Waals surface area contributed by atoms with E-state index in [0.29, 0.717) is 13.6 Å². The lowest BCUT2D eigenvalue weighted by atomic mass is 9.97. The van der Waals surface area contributed by atoms with E-state index in [9.17, 15) is 14.4 Å². The predicted molar refractivity (Wildman–Crippen MR) is 158 cm³/mol. The molecule has 186 valence electrons. The number of hydrogen-bond donors (Lipinski definition) is 0. The van der Waals surface area contributed by atoms with Gasteiger partial charge in [0.05, 0.1) is 18.9 Å². The molecule has 1 aromatic heterocycles. The second kappa shape index (κ2) is 11.1. The van der Waals surface area contributed by atoms with Crippen LogP contribution in [0.15, 0.2) is 95.1 Å². The molecule has 0 aliphatic carbocycles. The summed E-state index contributed by atoms with van der Waals surface area (Å²) in [6, 6.07) is 23.7. The first-order valence-electron chi connectivity index (χ1n) is 11.5. The van der Waals surface area contributed by atoms with Gasteiger partial charge in [-0.25, -0.2) is 5.01 Å². The van der Waals surface area contributed by atoms with Crippen molar-refractivity contribution >= 4 is 73.5 Å². The highest BCUT2D eigenvalue weighted by molar-refractivity contribution is 14.1. The Kier molecular flexibility index (Phi) is 7.70. The molecule has 4 aromatic rings. The number of carbonyl (C=O) groups excluding carboxylic acids is 2. The van der Waals surface area contributed by atoms with Gasteiger partial charge in [0.2, 0.25) is 5.43 Å². The Morgan fingerprint density at radius 2 is 1.59 bits per heavy atom. The maximum Gasteiger partial charge on any atom is 0.326 e. The molecule has 7 nitrogen and oxygen atoms in total. The summed E-state index contributed by atoms with van der Waals surface area (Å²) in [5, 5.41) is 8.35. The molecule has 0 N–H and O–H groups in total. The summed E-state index contributed by atoms with van der Waals surface area (Å²) in [6.45, 7) is -0.529. The summed E-state index contributed by atoms with van der Waals surface area (Å²) in [6.07, 6.45) is 3.72. The fourth-order valence-electron chi connectivity index (χ4n) is 4.27. The molecule has 0 saturated heterocycles. The number of hydrogen-bond acceptors (Lipinski definition) is 5. The molecule has 9 heteroatoms. The fraction of sp³-hybridized carbons (Fsp3) is 0.143. The summed E-state index contributed by atoms with van der Waals surface area (Å²) in [7, 11) is 0. The molecule has 0 fully saturated rings. The van der Waals surface area contributed by atoms with E-state index in [-0.39, 0.29) is 18.0 Å². The van der Waals surface area contributed by atoms with Crippen LogP contribution in [-0.4, -0.2) is 33.8 Å². The van der Waals surface area contributed by atoms with Crippen molar-refractivity contribution in [3.8, 4) is 0 Å². The molecule has 1 amide bonds. The zero-order valence-electron chi connectivity index (χ0n) is 19.5. The average molecular weight is 717 g/mol. The standard InChI is InChI=1S/C28H21I2N3O4/c29-22-14-32(15-23(30)28(22)36)16-27(35)37-17-26(34)33-25(19-7-2-1-3-8-19)13-24(31-33)21-11-10-18-6-4-5-9-20(18)12-21/h1-12,14-15,25H,13,16-17H2. The normalized spacial score (nSPS) is 15.0. The van der Waals surface area contributed by atoms with Crippen LogP contribution in [0.1, 0.15) is 23.6 Å². The average Bonchev–Trinajstić information content (AvgIpc) is 3.36. The van der Waals surface area contributed by atoms with Crippen LogP contribution in [0.5, 0.6) is 0 Å². The van der Waals surface area contributed by atoms with Crippen molar-refractivity contribution < 1.29 is 14.3 Å².